The van der Waals surface area contributed by atoms with E-state index in [1.807, 2.05) is 6.07 Å². The van der Waals surface area contributed by atoms with Gasteiger partial charge in [-0.2, -0.15) is 5.10 Å². The molecule has 1 aromatic heterocycles. The minimum Gasteiger partial charge on any atom is -0.454 e. The van der Waals surface area contributed by atoms with E-state index >= 15 is 0 Å². The zero-order valence-corrected chi connectivity index (χ0v) is 11.7. The molecular weight excluding hydrogens is 290 g/mol. The quantitative estimate of drug-likeness (QED) is 0.576. The number of ether oxygens (including phenoxy) is 2. The Labute approximate surface area is 124 Å². The lowest BCUT2D eigenvalue weighted by molar-refractivity contribution is -0.121. The Bertz CT molecular complexity index is 740. The number of carbonyl (C=O) groups is 1. The van der Waals surface area contributed by atoms with Crippen molar-refractivity contribution in [3.05, 3.63) is 23.8 Å². The SMILES string of the molecule is C/C(=N\NC(=O)Cn1nnnc1N)c1ccc2c(c1)OCO2. The van der Waals surface area contributed by atoms with E-state index < -0.39 is 0 Å². The average molecular weight is 303 g/mol. The average Bonchev–Trinajstić information content (AvgIpc) is 3.13. The minimum atomic E-state index is -0.390. The molecule has 3 rings (SSSR count). The third kappa shape index (κ3) is 2.80. The summed E-state index contributed by atoms with van der Waals surface area (Å²) in [5.74, 6) is 1.01. The summed E-state index contributed by atoms with van der Waals surface area (Å²) in [7, 11) is 0. The zero-order chi connectivity index (χ0) is 15.5. The molecule has 0 bridgehead atoms. The van der Waals surface area contributed by atoms with E-state index in [0.717, 1.165) is 5.56 Å². The number of aromatic nitrogens is 4. The Morgan fingerprint density at radius 1 is 1.45 bits per heavy atom. The summed E-state index contributed by atoms with van der Waals surface area (Å²) >= 11 is 0. The molecule has 0 saturated carbocycles. The van der Waals surface area contributed by atoms with Crippen LogP contribution in [0.15, 0.2) is 23.3 Å². The molecule has 0 spiro atoms. The van der Waals surface area contributed by atoms with E-state index in [1.165, 1.54) is 4.68 Å². The number of nitrogen functional groups attached to an aromatic ring is 1. The van der Waals surface area contributed by atoms with Gasteiger partial charge < -0.3 is 15.2 Å². The van der Waals surface area contributed by atoms with Crippen LogP contribution < -0.4 is 20.6 Å². The van der Waals surface area contributed by atoms with Gasteiger partial charge >= 0.3 is 0 Å². The van der Waals surface area contributed by atoms with Gasteiger partial charge in [-0.25, -0.2) is 10.1 Å². The summed E-state index contributed by atoms with van der Waals surface area (Å²) in [6, 6.07) is 5.42. The van der Waals surface area contributed by atoms with Gasteiger partial charge in [0.15, 0.2) is 11.5 Å². The molecule has 2 aromatic rings. The van der Waals surface area contributed by atoms with Crippen LogP contribution in [0.4, 0.5) is 5.95 Å². The Hall–Kier alpha value is -3.17. The molecule has 114 valence electrons. The lowest BCUT2D eigenvalue weighted by Crippen LogP contribution is -2.25. The standard InChI is InChI=1S/C12H13N7O3/c1-7(8-2-3-9-10(4-8)22-6-21-9)14-15-11(20)5-19-12(13)16-17-18-19/h2-4H,5-6H2,1H3,(H,15,20)(H2,13,16,18)/b14-7+. The number of anilines is 1. The second-order valence-corrected chi connectivity index (χ2v) is 4.49. The van der Waals surface area contributed by atoms with Crippen molar-refractivity contribution in [3.8, 4) is 11.5 Å². The molecule has 0 fully saturated rings. The molecule has 1 aliphatic rings. The van der Waals surface area contributed by atoms with Crippen molar-refractivity contribution in [3.63, 3.8) is 0 Å². The van der Waals surface area contributed by atoms with Crippen molar-refractivity contribution >= 4 is 17.6 Å². The first kappa shape index (κ1) is 13.8. The van der Waals surface area contributed by atoms with E-state index in [4.69, 9.17) is 15.2 Å². The number of fused-ring (bicyclic) bond motifs is 1. The smallest absolute Gasteiger partial charge is 0.262 e. The number of carbonyl (C=O) groups excluding carboxylic acids is 1. The Kier molecular flexibility index (Phi) is 3.56. The van der Waals surface area contributed by atoms with Gasteiger partial charge in [-0.3, -0.25) is 4.79 Å². The summed E-state index contributed by atoms with van der Waals surface area (Å²) in [6.07, 6.45) is 0. The number of nitrogens with two attached hydrogens (primary N) is 1. The number of benzene rings is 1. The maximum absolute atomic E-state index is 11.8. The van der Waals surface area contributed by atoms with Crippen LogP contribution in [0.3, 0.4) is 0 Å². The van der Waals surface area contributed by atoms with Crippen molar-refractivity contribution in [2.45, 2.75) is 13.5 Å². The number of hydrazone groups is 1. The van der Waals surface area contributed by atoms with Gasteiger partial charge in [0.05, 0.1) is 5.71 Å². The first-order chi connectivity index (χ1) is 10.6. The largest absolute Gasteiger partial charge is 0.454 e. The van der Waals surface area contributed by atoms with Crippen LogP contribution in [0, 0.1) is 0 Å². The van der Waals surface area contributed by atoms with Crippen LogP contribution in [0.25, 0.3) is 0 Å². The third-order valence-corrected chi connectivity index (χ3v) is 2.99. The molecule has 22 heavy (non-hydrogen) atoms. The number of tetrazole rings is 1. The molecule has 0 unspecified atom stereocenters. The monoisotopic (exact) mass is 303 g/mol. The predicted octanol–water partition coefficient (Wildman–Crippen LogP) is -0.476. The molecule has 1 aliphatic heterocycles. The summed E-state index contributed by atoms with van der Waals surface area (Å²) in [4.78, 5) is 11.8. The maximum atomic E-state index is 11.8. The van der Waals surface area contributed by atoms with Crippen LogP contribution in [0.5, 0.6) is 11.5 Å². The van der Waals surface area contributed by atoms with Crippen molar-refractivity contribution < 1.29 is 14.3 Å². The molecular formula is C12H13N7O3. The molecule has 0 saturated heterocycles. The lowest BCUT2D eigenvalue weighted by atomic mass is 10.1. The highest BCUT2D eigenvalue weighted by molar-refractivity contribution is 5.99. The fourth-order valence-electron chi connectivity index (χ4n) is 1.83. The van der Waals surface area contributed by atoms with Gasteiger partial charge in [0.1, 0.15) is 6.54 Å². The van der Waals surface area contributed by atoms with Crippen LogP contribution in [0.1, 0.15) is 12.5 Å². The Morgan fingerprint density at radius 2 is 2.27 bits per heavy atom. The van der Waals surface area contributed by atoms with E-state index in [9.17, 15) is 4.79 Å². The number of nitrogens with one attached hydrogen (secondary N) is 1. The van der Waals surface area contributed by atoms with Gasteiger partial charge in [-0.05, 0) is 35.5 Å². The predicted molar refractivity (Wildman–Crippen MR) is 75.1 cm³/mol. The number of hydrogen-bond acceptors (Lipinski definition) is 8. The molecule has 1 aromatic carbocycles. The van der Waals surface area contributed by atoms with Gasteiger partial charge in [-0.1, -0.05) is 5.10 Å². The van der Waals surface area contributed by atoms with E-state index in [0.29, 0.717) is 17.2 Å². The van der Waals surface area contributed by atoms with Crippen LogP contribution >= 0.6 is 0 Å². The van der Waals surface area contributed by atoms with E-state index in [2.05, 4.69) is 26.1 Å². The topological polar surface area (TPSA) is 130 Å². The summed E-state index contributed by atoms with van der Waals surface area (Å²) in [5.41, 5.74) is 9.33. The number of hydrogen-bond donors (Lipinski definition) is 2. The van der Waals surface area contributed by atoms with Crippen LogP contribution in [0.2, 0.25) is 0 Å². The number of amides is 1. The molecule has 1 amide bonds. The van der Waals surface area contributed by atoms with Crippen LogP contribution in [-0.4, -0.2) is 38.6 Å². The first-order valence-corrected chi connectivity index (χ1v) is 6.38. The van der Waals surface area contributed by atoms with Crippen molar-refractivity contribution in [2.75, 3.05) is 12.5 Å². The highest BCUT2D eigenvalue weighted by atomic mass is 16.7. The molecule has 10 heteroatoms. The fourth-order valence-corrected chi connectivity index (χ4v) is 1.83. The zero-order valence-electron chi connectivity index (χ0n) is 11.7. The summed E-state index contributed by atoms with van der Waals surface area (Å²) in [5, 5.41) is 14.4. The highest BCUT2D eigenvalue weighted by Crippen LogP contribution is 2.32. The Morgan fingerprint density at radius 3 is 3.05 bits per heavy atom. The highest BCUT2D eigenvalue weighted by Gasteiger charge is 2.14. The molecule has 0 atom stereocenters. The normalized spacial score (nSPS) is 13.2. The van der Waals surface area contributed by atoms with Gasteiger partial charge in [-0.15, -0.1) is 0 Å². The molecule has 10 nitrogen and oxygen atoms in total. The van der Waals surface area contributed by atoms with Gasteiger partial charge in [0.2, 0.25) is 12.7 Å². The van der Waals surface area contributed by atoms with Crippen LogP contribution in [-0.2, 0) is 11.3 Å². The second kappa shape index (κ2) is 5.68. The van der Waals surface area contributed by atoms with E-state index in [-0.39, 0.29) is 25.2 Å². The van der Waals surface area contributed by atoms with Crippen molar-refractivity contribution in [2.24, 2.45) is 5.10 Å². The Balaban J connectivity index is 1.64. The molecule has 2 heterocycles. The van der Waals surface area contributed by atoms with Gasteiger partial charge in [0.25, 0.3) is 5.91 Å². The lowest BCUT2D eigenvalue weighted by Gasteiger charge is -2.04. The fraction of sp³-hybridized carbons (Fsp3) is 0.250. The molecule has 0 radical (unpaired) electrons. The van der Waals surface area contributed by atoms with Gasteiger partial charge in [0, 0.05) is 5.56 Å². The minimum absolute atomic E-state index is 0.0617. The molecule has 0 aliphatic carbocycles. The number of rotatable bonds is 4. The first-order valence-electron chi connectivity index (χ1n) is 6.38. The van der Waals surface area contributed by atoms with Crippen molar-refractivity contribution in [1.29, 1.82) is 0 Å². The summed E-state index contributed by atoms with van der Waals surface area (Å²) < 4.78 is 11.7. The van der Waals surface area contributed by atoms with Crippen molar-refractivity contribution in [1.82, 2.24) is 25.6 Å². The third-order valence-electron chi connectivity index (χ3n) is 2.99. The number of nitrogens with zero attached hydrogens (tertiary/aromatic N) is 5. The van der Waals surface area contributed by atoms with E-state index in [1.54, 1.807) is 19.1 Å². The molecule has 3 N–H and O–H groups in total. The second-order valence-electron chi connectivity index (χ2n) is 4.49. The summed E-state index contributed by atoms with van der Waals surface area (Å²) in [6.45, 7) is 1.86. The maximum Gasteiger partial charge on any atom is 0.262 e.